The zero-order valence-corrected chi connectivity index (χ0v) is 16.3. The van der Waals surface area contributed by atoms with Gasteiger partial charge in [0, 0.05) is 37.5 Å². The van der Waals surface area contributed by atoms with Gasteiger partial charge in [-0.1, -0.05) is 91.0 Å². The van der Waals surface area contributed by atoms with Gasteiger partial charge in [-0.3, -0.25) is 0 Å². The Morgan fingerprint density at radius 1 is 0.643 bits per heavy atom. The first-order valence-electron chi connectivity index (χ1n) is 9.92. The van der Waals surface area contributed by atoms with Gasteiger partial charge in [-0.15, -0.1) is 0 Å². The molecule has 1 nitrogen and oxygen atoms in total. The van der Waals surface area contributed by atoms with Crippen molar-refractivity contribution in [2.24, 2.45) is 0 Å². The number of allylic oxidation sites excluding steroid dienone is 2. The Morgan fingerprint density at radius 3 is 1.71 bits per heavy atom. The molecular formula is C27H24N. The Hall–Kier alpha value is -3.06. The Kier molecular flexibility index (Phi) is 4.16. The maximum atomic E-state index is 2.38. The van der Waals surface area contributed by atoms with Crippen LogP contribution in [0, 0.1) is 5.92 Å². The number of nitrogens with zero attached hydrogens (tertiary/aromatic N) is 1. The van der Waals surface area contributed by atoms with Crippen LogP contribution in [-0.4, -0.2) is 14.1 Å². The highest BCUT2D eigenvalue weighted by atomic mass is 15.1. The first-order valence-corrected chi connectivity index (χ1v) is 9.92. The summed E-state index contributed by atoms with van der Waals surface area (Å²) in [5, 5.41) is 0. The van der Waals surface area contributed by atoms with Gasteiger partial charge in [0.05, 0.1) is 0 Å². The summed E-state index contributed by atoms with van der Waals surface area (Å²) < 4.78 is 0. The quantitative estimate of drug-likeness (QED) is 0.527. The van der Waals surface area contributed by atoms with Crippen LogP contribution in [0.1, 0.15) is 39.7 Å². The van der Waals surface area contributed by atoms with E-state index in [4.69, 9.17) is 0 Å². The maximum absolute atomic E-state index is 2.38. The molecule has 28 heavy (non-hydrogen) atoms. The van der Waals surface area contributed by atoms with Crippen LogP contribution in [0.3, 0.4) is 0 Å². The van der Waals surface area contributed by atoms with Crippen molar-refractivity contribution < 1.29 is 0 Å². The number of para-hydroxylation sites is 1. The summed E-state index contributed by atoms with van der Waals surface area (Å²) in [7, 11) is 4.26. The highest BCUT2D eigenvalue weighted by Gasteiger charge is 2.37. The number of hydrogen-bond donors (Lipinski definition) is 0. The highest BCUT2D eigenvalue weighted by Crippen LogP contribution is 2.51. The lowest BCUT2D eigenvalue weighted by molar-refractivity contribution is 0.763. The van der Waals surface area contributed by atoms with Crippen molar-refractivity contribution in [2.75, 3.05) is 19.0 Å². The lowest BCUT2D eigenvalue weighted by Gasteiger charge is -2.32. The van der Waals surface area contributed by atoms with Crippen molar-refractivity contribution in [2.45, 2.75) is 11.8 Å². The van der Waals surface area contributed by atoms with E-state index < -0.39 is 0 Å². The van der Waals surface area contributed by atoms with Crippen molar-refractivity contribution in [1.29, 1.82) is 0 Å². The van der Waals surface area contributed by atoms with Gasteiger partial charge in [0.2, 0.25) is 0 Å². The van der Waals surface area contributed by atoms with E-state index in [1.807, 2.05) is 0 Å². The molecule has 2 unspecified atom stereocenters. The fourth-order valence-corrected chi connectivity index (χ4v) is 4.68. The summed E-state index contributed by atoms with van der Waals surface area (Å²) in [6.45, 7) is 0. The molecule has 1 heteroatoms. The van der Waals surface area contributed by atoms with Crippen molar-refractivity contribution in [3.8, 4) is 0 Å². The minimum atomic E-state index is 0.290. The third-order valence-electron chi connectivity index (χ3n) is 5.97. The Morgan fingerprint density at radius 2 is 1.14 bits per heavy atom. The predicted octanol–water partition coefficient (Wildman–Crippen LogP) is 6.30. The SMILES string of the molecule is CN(C)c1ccccc1[C](C1C=Cc2ccccc21)C1C=Cc2ccccc21. The van der Waals surface area contributed by atoms with Crippen molar-refractivity contribution in [1.82, 2.24) is 0 Å². The van der Waals surface area contributed by atoms with Gasteiger partial charge in [0.1, 0.15) is 0 Å². The lowest BCUT2D eigenvalue weighted by atomic mass is 9.72. The fourth-order valence-electron chi connectivity index (χ4n) is 4.68. The molecule has 0 saturated heterocycles. The second-order valence-corrected chi connectivity index (χ2v) is 7.80. The maximum Gasteiger partial charge on any atom is 0.0400 e. The molecule has 2 aliphatic carbocycles. The molecule has 3 aromatic rings. The Balaban J connectivity index is 1.70. The minimum absolute atomic E-state index is 0.290. The third-order valence-corrected chi connectivity index (χ3v) is 5.97. The van der Waals surface area contributed by atoms with Gasteiger partial charge in [0.15, 0.2) is 0 Å². The summed E-state index contributed by atoms with van der Waals surface area (Å²) in [6, 6.07) is 26.4. The number of anilines is 1. The van der Waals surface area contributed by atoms with Crippen LogP contribution >= 0.6 is 0 Å². The standard InChI is InChI=1S/C27H24N/c1-28(2)26-14-8-7-13-25(26)27(23-17-15-19-9-3-5-11-21(19)23)24-18-16-20-10-4-6-12-22(20)24/h3-18,23-24H,1-2H3. The number of fused-ring (bicyclic) bond motifs is 2. The zero-order chi connectivity index (χ0) is 19.1. The normalized spacial score (nSPS) is 19.1. The molecule has 0 bridgehead atoms. The third kappa shape index (κ3) is 2.70. The molecule has 3 aromatic carbocycles. The van der Waals surface area contributed by atoms with Crippen LogP contribution in [0.25, 0.3) is 12.2 Å². The molecule has 0 spiro atoms. The van der Waals surface area contributed by atoms with Crippen molar-refractivity contribution >= 4 is 17.8 Å². The van der Waals surface area contributed by atoms with E-state index in [2.05, 4.69) is 116 Å². The molecule has 5 rings (SSSR count). The fraction of sp³-hybridized carbons (Fsp3) is 0.148. The zero-order valence-electron chi connectivity index (χ0n) is 16.3. The summed E-state index contributed by atoms with van der Waals surface area (Å²) in [5.41, 5.74) is 8.09. The van der Waals surface area contributed by atoms with Crippen LogP contribution in [-0.2, 0) is 0 Å². The van der Waals surface area contributed by atoms with Gasteiger partial charge in [-0.05, 0) is 33.9 Å². The van der Waals surface area contributed by atoms with Gasteiger partial charge < -0.3 is 4.90 Å². The second kappa shape index (κ2) is 6.83. The lowest BCUT2D eigenvalue weighted by Crippen LogP contribution is -2.20. The van der Waals surface area contributed by atoms with Gasteiger partial charge >= 0.3 is 0 Å². The van der Waals surface area contributed by atoms with E-state index in [9.17, 15) is 0 Å². The van der Waals surface area contributed by atoms with Crippen LogP contribution in [0.2, 0.25) is 0 Å². The molecule has 2 atom stereocenters. The molecular weight excluding hydrogens is 338 g/mol. The van der Waals surface area contributed by atoms with Crippen molar-refractivity contribution in [3.05, 3.63) is 119 Å². The molecule has 0 aliphatic heterocycles. The first kappa shape index (κ1) is 17.1. The van der Waals surface area contributed by atoms with Gasteiger partial charge in [-0.25, -0.2) is 0 Å². The number of hydrogen-bond acceptors (Lipinski definition) is 1. The van der Waals surface area contributed by atoms with Gasteiger partial charge in [0.25, 0.3) is 0 Å². The number of benzene rings is 3. The summed E-state index contributed by atoms with van der Waals surface area (Å²) in [6.07, 6.45) is 9.31. The van der Waals surface area contributed by atoms with E-state index in [0.29, 0.717) is 0 Å². The smallest absolute Gasteiger partial charge is 0.0400 e. The Bertz CT molecular complexity index is 1010. The average molecular weight is 362 g/mol. The second-order valence-electron chi connectivity index (χ2n) is 7.80. The van der Waals surface area contributed by atoms with Crippen LogP contribution < -0.4 is 4.90 Å². The van der Waals surface area contributed by atoms with Crippen LogP contribution in [0.15, 0.2) is 84.9 Å². The largest absolute Gasteiger partial charge is 0.377 e. The molecule has 0 N–H and O–H groups in total. The Labute approximate surface area is 167 Å². The summed E-state index contributed by atoms with van der Waals surface area (Å²) in [5.74, 6) is 2.04. The predicted molar refractivity (Wildman–Crippen MR) is 120 cm³/mol. The topological polar surface area (TPSA) is 3.24 Å². The summed E-state index contributed by atoms with van der Waals surface area (Å²) >= 11 is 0. The van der Waals surface area contributed by atoms with E-state index in [1.54, 1.807) is 0 Å². The van der Waals surface area contributed by atoms with E-state index >= 15 is 0 Å². The first-order chi connectivity index (χ1) is 13.7. The molecule has 0 fully saturated rings. The molecule has 0 saturated carbocycles. The highest BCUT2D eigenvalue weighted by molar-refractivity contribution is 5.73. The van der Waals surface area contributed by atoms with E-state index in [-0.39, 0.29) is 11.8 Å². The average Bonchev–Trinajstić information content (AvgIpc) is 3.34. The monoisotopic (exact) mass is 362 g/mol. The minimum Gasteiger partial charge on any atom is -0.377 e. The molecule has 0 amide bonds. The molecule has 1 radical (unpaired) electrons. The van der Waals surface area contributed by atoms with Crippen LogP contribution in [0.5, 0.6) is 0 Å². The van der Waals surface area contributed by atoms with E-state index in [1.165, 1.54) is 39.4 Å². The van der Waals surface area contributed by atoms with Gasteiger partial charge in [-0.2, -0.15) is 0 Å². The van der Waals surface area contributed by atoms with E-state index in [0.717, 1.165) is 0 Å². The number of rotatable bonds is 4. The molecule has 137 valence electrons. The molecule has 0 heterocycles. The van der Waals surface area contributed by atoms with Crippen molar-refractivity contribution in [3.63, 3.8) is 0 Å². The summed E-state index contributed by atoms with van der Waals surface area (Å²) in [4.78, 5) is 2.23. The van der Waals surface area contributed by atoms with Crippen LogP contribution in [0.4, 0.5) is 5.69 Å². The molecule has 2 aliphatic rings. The molecule has 0 aromatic heterocycles.